The quantitative estimate of drug-likeness (QED) is 0.322. The molecule has 3 N–H and O–H groups in total. The fraction of sp³-hybridized carbons (Fsp3) is 0.259. The summed E-state index contributed by atoms with van der Waals surface area (Å²) in [6, 6.07) is 24.6. The molecule has 6 heteroatoms. The Morgan fingerprint density at radius 3 is 2.03 bits per heavy atom. The number of nitrogens with one attached hydrogen (secondary N) is 3. The molecule has 0 fully saturated rings. The smallest absolute Gasteiger partial charge is 0.243 e. The summed E-state index contributed by atoms with van der Waals surface area (Å²) in [6.07, 6.45) is 3.24. The summed E-state index contributed by atoms with van der Waals surface area (Å²) in [4.78, 5) is 24.4. The van der Waals surface area contributed by atoms with Crippen LogP contribution in [-0.2, 0) is 16.0 Å². The Morgan fingerprint density at radius 1 is 0.758 bits per heavy atom. The van der Waals surface area contributed by atoms with E-state index in [0.29, 0.717) is 19.4 Å². The molecule has 0 aromatic heterocycles. The first-order valence-electron chi connectivity index (χ1n) is 11.3. The van der Waals surface area contributed by atoms with Gasteiger partial charge in [0.1, 0.15) is 5.75 Å². The molecule has 3 aromatic rings. The molecule has 0 unspecified atom stereocenters. The molecular weight excluding hydrogens is 414 g/mol. The summed E-state index contributed by atoms with van der Waals surface area (Å²) in [5.41, 5.74) is 3.39. The van der Waals surface area contributed by atoms with Crippen LogP contribution in [0.25, 0.3) is 0 Å². The summed E-state index contributed by atoms with van der Waals surface area (Å²) >= 11 is 0. The van der Waals surface area contributed by atoms with E-state index >= 15 is 0 Å². The van der Waals surface area contributed by atoms with Gasteiger partial charge in [0.2, 0.25) is 11.8 Å². The van der Waals surface area contributed by atoms with Gasteiger partial charge in [0.25, 0.3) is 0 Å². The highest BCUT2D eigenvalue weighted by Gasteiger charge is 2.05. The molecule has 2 amide bonds. The second kappa shape index (κ2) is 12.9. The first-order valence-corrected chi connectivity index (χ1v) is 11.3. The Hall–Kier alpha value is -3.80. The third kappa shape index (κ3) is 8.69. The van der Waals surface area contributed by atoms with E-state index in [-0.39, 0.29) is 18.4 Å². The van der Waals surface area contributed by atoms with Gasteiger partial charge in [0, 0.05) is 23.5 Å². The van der Waals surface area contributed by atoms with Gasteiger partial charge in [-0.05, 0) is 66.9 Å². The molecule has 0 radical (unpaired) electrons. The lowest BCUT2D eigenvalue weighted by molar-refractivity contribution is -0.116. The first-order chi connectivity index (χ1) is 16.1. The van der Waals surface area contributed by atoms with Gasteiger partial charge in [-0.25, -0.2) is 0 Å². The molecule has 0 aliphatic heterocycles. The minimum absolute atomic E-state index is 0.0271. The summed E-state index contributed by atoms with van der Waals surface area (Å²) in [7, 11) is 0. The summed E-state index contributed by atoms with van der Waals surface area (Å²) in [5, 5.41) is 8.85. The molecule has 0 bridgehead atoms. The van der Waals surface area contributed by atoms with E-state index < -0.39 is 0 Å². The molecule has 3 rings (SSSR count). The number of hydrogen-bond donors (Lipinski definition) is 3. The van der Waals surface area contributed by atoms with Crippen LogP contribution in [0.2, 0.25) is 0 Å². The fourth-order valence-corrected chi connectivity index (χ4v) is 3.15. The minimum atomic E-state index is -0.145. The number of benzene rings is 3. The molecule has 0 heterocycles. The van der Waals surface area contributed by atoms with Gasteiger partial charge in [-0.2, -0.15) is 0 Å². The van der Waals surface area contributed by atoms with E-state index in [0.717, 1.165) is 41.2 Å². The van der Waals surface area contributed by atoms with Gasteiger partial charge in [0.05, 0.1) is 13.2 Å². The molecule has 0 aliphatic carbocycles. The summed E-state index contributed by atoms with van der Waals surface area (Å²) in [5.74, 6) is 0.625. The average Bonchev–Trinajstić information content (AvgIpc) is 2.84. The van der Waals surface area contributed by atoms with Gasteiger partial charge >= 0.3 is 0 Å². The molecule has 0 saturated carbocycles. The number of carbonyl (C=O) groups excluding carboxylic acids is 2. The van der Waals surface area contributed by atoms with E-state index in [1.54, 1.807) is 0 Å². The van der Waals surface area contributed by atoms with Crippen LogP contribution in [0, 0.1) is 0 Å². The maximum atomic E-state index is 12.2. The normalized spacial score (nSPS) is 10.3. The molecule has 3 aromatic carbocycles. The van der Waals surface area contributed by atoms with Crippen molar-refractivity contribution in [1.29, 1.82) is 0 Å². The highest BCUT2D eigenvalue weighted by molar-refractivity contribution is 5.94. The number of hydrogen-bond acceptors (Lipinski definition) is 4. The zero-order valence-corrected chi connectivity index (χ0v) is 19.0. The van der Waals surface area contributed by atoms with Crippen LogP contribution in [0.5, 0.6) is 5.75 Å². The highest BCUT2D eigenvalue weighted by atomic mass is 16.5. The lowest BCUT2D eigenvalue weighted by Crippen LogP contribution is -2.21. The monoisotopic (exact) mass is 445 g/mol. The van der Waals surface area contributed by atoms with E-state index in [1.165, 1.54) is 0 Å². The minimum Gasteiger partial charge on any atom is -0.494 e. The number of rotatable bonds is 12. The van der Waals surface area contributed by atoms with Crippen molar-refractivity contribution >= 4 is 28.9 Å². The molecule has 6 nitrogen and oxygen atoms in total. The van der Waals surface area contributed by atoms with E-state index in [9.17, 15) is 9.59 Å². The largest absolute Gasteiger partial charge is 0.494 e. The topological polar surface area (TPSA) is 79.5 Å². The average molecular weight is 446 g/mol. The lowest BCUT2D eigenvalue weighted by atomic mass is 10.1. The number of anilines is 3. The van der Waals surface area contributed by atoms with Crippen LogP contribution in [-0.4, -0.2) is 25.0 Å². The van der Waals surface area contributed by atoms with Crippen molar-refractivity contribution in [2.45, 2.75) is 32.6 Å². The molecule has 33 heavy (non-hydrogen) atoms. The third-order valence-electron chi connectivity index (χ3n) is 5.01. The van der Waals surface area contributed by atoms with Crippen molar-refractivity contribution < 1.29 is 14.3 Å². The molecule has 0 saturated heterocycles. The van der Waals surface area contributed by atoms with E-state index in [2.05, 4.69) is 22.9 Å². The number of aryl methyl sites for hydroxylation is 1. The molecular formula is C27H31N3O3. The van der Waals surface area contributed by atoms with Crippen LogP contribution in [0.15, 0.2) is 78.9 Å². The molecule has 0 spiro atoms. The molecule has 0 aliphatic rings. The molecule has 172 valence electrons. The van der Waals surface area contributed by atoms with Crippen molar-refractivity contribution in [2.24, 2.45) is 0 Å². The Morgan fingerprint density at radius 2 is 1.36 bits per heavy atom. The van der Waals surface area contributed by atoms with Crippen molar-refractivity contribution in [2.75, 3.05) is 29.1 Å². The van der Waals surface area contributed by atoms with Gasteiger partial charge in [-0.3, -0.25) is 9.59 Å². The predicted molar refractivity (Wildman–Crippen MR) is 134 cm³/mol. The number of carbonyl (C=O) groups is 2. The van der Waals surface area contributed by atoms with Gasteiger partial charge in [0.15, 0.2) is 0 Å². The van der Waals surface area contributed by atoms with Gasteiger partial charge < -0.3 is 20.7 Å². The van der Waals surface area contributed by atoms with Crippen molar-refractivity contribution in [3.8, 4) is 5.75 Å². The number of ether oxygens (including phenoxy) is 1. The number of amides is 2. The van der Waals surface area contributed by atoms with E-state index in [4.69, 9.17) is 4.74 Å². The Labute approximate surface area is 195 Å². The van der Waals surface area contributed by atoms with Crippen molar-refractivity contribution in [1.82, 2.24) is 0 Å². The maximum Gasteiger partial charge on any atom is 0.243 e. The van der Waals surface area contributed by atoms with Crippen molar-refractivity contribution in [3.05, 3.63) is 84.4 Å². The van der Waals surface area contributed by atoms with E-state index in [1.807, 2.05) is 78.9 Å². The standard InChI is InChI=1S/C27H31N3O3/c1-2-3-19-33-25-16-14-24(15-17-25)30-27(32)20-28-22-10-12-23(13-11-22)29-26(31)18-9-21-7-5-4-6-8-21/h4-8,10-17,28H,2-3,9,18-20H2,1H3,(H,29,31)(H,30,32). The van der Waals surface area contributed by atoms with Crippen molar-refractivity contribution in [3.63, 3.8) is 0 Å². The van der Waals surface area contributed by atoms with Crippen LogP contribution >= 0.6 is 0 Å². The van der Waals surface area contributed by atoms with Crippen LogP contribution in [0.1, 0.15) is 31.7 Å². The Balaban J connectivity index is 1.38. The first kappa shape index (κ1) is 23.9. The zero-order valence-electron chi connectivity index (χ0n) is 19.0. The van der Waals surface area contributed by atoms with Crippen LogP contribution in [0.4, 0.5) is 17.1 Å². The predicted octanol–water partition coefficient (Wildman–Crippen LogP) is 5.49. The Kier molecular flexibility index (Phi) is 9.33. The maximum absolute atomic E-state index is 12.2. The second-order valence-corrected chi connectivity index (χ2v) is 7.74. The zero-order chi connectivity index (χ0) is 23.3. The highest BCUT2D eigenvalue weighted by Crippen LogP contribution is 2.17. The van der Waals surface area contributed by atoms with Crippen LogP contribution in [0.3, 0.4) is 0 Å². The van der Waals surface area contributed by atoms with Gasteiger partial charge in [-0.15, -0.1) is 0 Å². The van der Waals surface area contributed by atoms with Gasteiger partial charge in [-0.1, -0.05) is 43.7 Å². The second-order valence-electron chi connectivity index (χ2n) is 7.74. The molecule has 0 atom stereocenters. The van der Waals surface area contributed by atoms with Crippen LogP contribution < -0.4 is 20.7 Å². The third-order valence-corrected chi connectivity index (χ3v) is 5.01. The lowest BCUT2D eigenvalue weighted by Gasteiger charge is -2.10. The summed E-state index contributed by atoms with van der Waals surface area (Å²) < 4.78 is 5.63. The number of unbranched alkanes of at least 4 members (excludes halogenated alkanes) is 1. The Bertz CT molecular complexity index is 1000. The fourth-order valence-electron chi connectivity index (χ4n) is 3.15. The summed E-state index contributed by atoms with van der Waals surface area (Å²) in [6.45, 7) is 2.95. The SMILES string of the molecule is CCCCOc1ccc(NC(=O)CNc2ccc(NC(=O)CCc3ccccc3)cc2)cc1.